The Morgan fingerprint density at radius 2 is 2.25 bits per heavy atom. The molecule has 0 aliphatic carbocycles. The third-order valence-electron chi connectivity index (χ3n) is 2.98. The van der Waals surface area contributed by atoms with Gasteiger partial charge >= 0.3 is 0 Å². The molecule has 0 bridgehead atoms. The zero-order chi connectivity index (χ0) is 11.7. The van der Waals surface area contributed by atoms with Crippen LogP contribution in [0.2, 0.25) is 0 Å². The molecule has 0 saturated carbocycles. The molecule has 2 heterocycles. The van der Waals surface area contributed by atoms with Crippen molar-refractivity contribution in [1.82, 2.24) is 4.98 Å². The summed E-state index contributed by atoms with van der Waals surface area (Å²) in [4.78, 5) is 17.3. The average molecular weight is 220 g/mol. The normalized spacial score (nSPS) is 24.8. The van der Waals surface area contributed by atoms with Crippen molar-refractivity contribution >= 4 is 11.7 Å². The highest BCUT2D eigenvalue weighted by molar-refractivity contribution is 5.91. The number of aromatic nitrogens is 1. The number of anilines is 1. The van der Waals surface area contributed by atoms with E-state index in [0.717, 1.165) is 18.9 Å². The summed E-state index contributed by atoms with van der Waals surface area (Å²) in [7, 11) is 0. The molecule has 2 atom stereocenters. The summed E-state index contributed by atoms with van der Waals surface area (Å²) in [6.07, 6.45) is 0. The number of hydrogen-bond acceptors (Lipinski definition) is 4. The first-order valence-corrected chi connectivity index (χ1v) is 5.35. The van der Waals surface area contributed by atoms with E-state index in [2.05, 4.69) is 16.8 Å². The molecule has 1 aromatic rings. The number of hydrogen-bond donors (Lipinski definition) is 2. The number of nitrogens with zero attached hydrogens (tertiary/aromatic N) is 2. The van der Waals surface area contributed by atoms with Crippen LogP contribution < -0.4 is 16.4 Å². The second-order valence-corrected chi connectivity index (χ2v) is 4.29. The molecule has 2 rings (SSSR count). The monoisotopic (exact) mass is 220 g/mol. The smallest absolute Gasteiger partial charge is 0.267 e. The summed E-state index contributed by atoms with van der Waals surface area (Å²) in [6, 6.07) is 5.44. The Balaban J connectivity index is 2.21. The molecular weight excluding hydrogens is 204 g/mol. The van der Waals surface area contributed by atoms with Gasteiger partial charge in [-0.2, -0.15) is 0 Å². The maximum Gasteiger partial charge on any atom is 0.267 e. The molecule has 1 amide bonds. The minimum Gasteiger partial charge on any atom is -0.364 e. The lowest BCUT2D eigenvalue weighted by molar-refractivity contribution is 0.0995. The summed E-state index contributed by atoms with van der Waals surface area (Å²) < 4.78 is 0. The second kappa shape index (κ2) is 4.09. The van der Waals surface area contributed by atoms with Crippen LogP contribution in [0, 0.1) is 5.92 Å². The first-order chi connectivity index (χ1) is 7.58. The molecule has 86 valence electrons. The van der Waals surface area contributed by atoms with Crippen molar-refractivity contribution in [1.29, 1.82) is 0 Å². The summed E-state index contributed by atoms with van der Waals surface area (Å²) in [5, 5.41) is 0. The largest absolute Gasteiger partial charge is 0.364 e. The van der Waals surface area contributed by atoms with E-state index in [9.17, 15) is 4.79 Å². The van der Waals surface area contributed by atoms with Crippen LogP contribution in [0.25, 0.3) is 0 Å². The molecule has 16 heavy (non-hydrogen) atoms. The third-order valence-corrected chi connectivity index (χ3v) is 2.98. The third kappa shape index (κ3) is 1.99. The molecule has 1 aromatic heterocycles. The van der Waals surface area contributed by atoms with Crippen LogP contribution in [-0.2, 0) is 0 Å². The van der Waals surface area contributed by atoms with Gasteiger partial charge in [-0.15, -0.1) is 0 Å². The molecule has 4 N–H and O–H groups in total. The van der Waals surface area contributed by atoms with Crippen molar-refractivity contribution < 1.29 is 4.79 Å². The molecule has 0 aromatic carbocycles. The lowest BCUT2D eigenvalue weighted by Gasteiger charge is -2.17. The molecule has 1 aliphatic rings. The maximum absolute atomic E-state index is 11.0. The van der Waals surface area contributed by atoms with Crippen molar-refractivity contribution in [2.24, 2.45) is 17.4 Å². The lowest BCUT2D eigenvalue weighted by atomic mass is 10.1. The van der Waals surface area contributed by atoms with E-state index in [1.54, 1.807) is 12.1 Å². The topological polar surface area (TPSA) is 85.2 Å². The minimum absolute atomic E-state index is 0.166. The lowest BCUT2D eigenvalue weighted by Crippen LogP contribution is -2.29. The number of primary amides is 1. The number of amides is 1. The Hall–Kier alpha value is -1.62. The van der Waals surface area contributed by atoms with Gasteiger partial charge in [0.15, 0.2) is 0 Å². The Bertz CT molecular complexity index is 397. The van der Waals surface area contributed by atoms with Gasteiger partial charge in [0.25, 0.3) is 5.91 Å². The van der Waals surface area contributed by atoms with Crippen molar-refractivity contribution in [2.75, 3.05) is 18.0 Å². The fourth-order valence-corrected chi connectivity index (χ4v) is 1.92. The first kappa shape index (κ1) is 10.9. The van der Waals surface area contributed by atoms with Gasteiger partial charge < -0.3 is 16.4 Å². The fourth-order valence-electron chi connectivity index (χ4n) is 1.92. The number of rotatable bonds is 2. The Morgan fingerprint density at radius 1 is 1.50 bits per heavy atom. The van der Waals surface area contributed by atoms with Crippen LogP contribution in [0.4, 0.5) is 5.82 Å². The van der Waals surface area contributed by atoms with E-state index in [1.807, 2.05) is 6.07 Å². The van der Waals surface area contributed by atoms with Crippen LogP contribution in [0.5, 0.6) is 0 Å². The van der Waals surface area contributed by atoms with Gasteiger partial charge in [0, 0.05) is 19.1 Å². The molecule has 0 spiro atoms. The first-order valence-electron chi connectivity index (χ1n) is 5.35. The van der Waals surface area contributed by atoms with Gasteiger partial charge in [0.05, 0.1) is 0 Å². The highest BCUT2D eigenvalue weighted by Gasteiger charge is 2.27. The fraction of sp³-hybridized carbons (Fsp3) is 0.455. The average Bonchev–Trinajstić information content (AvgIpc) is 2.59. The van der Waals surface area contributed by atoms with Crippen molar-refractivity contribution in [2.45, 2.75) is 13.0 Å². The zero-order valence-corrected chi connectivity index (χ0v) is 9.26. The summed E-state index contributed by atoms with van der Waals surface area (Å²) in [5.74, 6) is 0.716. The molecule has 1 fully saturated rings. The standard InChI is InChI=1S/C11H16N4O/c1-7-5-15(6-8(7)12)10-4-2-3-9(14-10)11(13)16/h2-4,7-8H,5-6,12H2,1H3,(H2,13,16). The summed E-state index contributed by atoms with van der Waals surface area (Å²) in [5.41, 5.74) is 11.4. The van der Waals surface area contributed by atoms with E-state index in [0.29, 0.717) is 11.6 Å². The van der Waals surface area contributed by atoms with Crippen LogP contribution in [0.3, 0.4) is 0 Å². The van der Waals surface area contributed by atoms with Crippen LogP contribution in [-0.4, -0.2) is 30.0 Å². The van der Waals surface area contributed by atoms with Crippen LogP contribution in [0.1, 0.15) is 17.4 Å². The van der Waals surface area contributed by atoms with Gasteiger partial charge in [0.1, 0.15) is 11.5 Å². The number of pyridine rings is 1. The quantitative estimate of drug-likeness (QED) is 0.732. The van der Waals surface area contributed by atoms with Gasteiger partial charge in [-0.1, -0.05) is 13.0 Å². The molecule has 1 saturated heterocycles. The van der Waals surface area contributed by atoms with E-state index in [-0.39, 0.29) is 6.04 Å². The van der Waals surface area contributed by atoms with E-state index >= 15 is 0 Å². The highest BCUT2D eigenvalue weighted by Crippen LogP contribution is 2.21. The van der Waals surface area contributed by atoms with Crippen molar-refractivity contribution in [3.05, 3.63) is 23.9 Å². The predicted molar refractivity (Wildman–Crippen MR) is 62.1 cm³/mol. The molecular formula is C11H16N4O. The Labute approximate surface area is 94.4 Å². The van der Waals surface area contributed by atoms with Gasteiger partial charge in [-0.05, 0) is 18.1 Å². The van der Waals surface area contributed by atoms with E-state index < -0.39 is 5.91 Å². The van der Waals surface area contributed by atoms with Crippen LogP contribution in [0.15, 0.2) is 18.2 Å². The van der Waals surface area contributed by atoms with E-state index in [4.69, 9.17) is 11.5 Å². The predicted octanol–water partition coefficient (Wildman–Crippen LogP) is -0.0361. The molecule has 1 aliphatic heterocycles. The highest BCUT2D eigenvalue weighted by atomic mass is 16.1. The minimum atomic E-state index is -0.501. The summed E-state index contributed by atoms with van der Waals surface area (Å²) in [6.45, 7) is 3.76. The second-order valence-electron chi connectivity index (χ2n) is 4.29. The Morgan fingerprint density at radius 3 is 2.81 bits per heavy atom. The number of carbonyl (C=O) groups is 1. The van der Waals surface area contributed by atoms with E-state index in [1.165, 1.54) is 0 Å². The van der Waals surface area contributed by atoms with Crippen molar-refractivity contribution in [3.8, 4) is 0 Å². The van der Waals surface area contributed by atoms with Gasteiger partial charge in [-0.3, -0.25) is 4.79 Å². The van der Waals surface area contributed by atoms with Gasteiger partial charge in [0.2, 0.25) is 0 Å². The molecule has 0 radical (unpaired) electrons. The van der Waals surface area contributed by atoms with Crippen molar-refractivity contribution in [3.63, 3.8) is 0 Å². The maximum atomic E-state index is 11.0. The number of nitrogens with two attached hydrogens (primary N) is 2. The number of carbonyl (C=O) groups excluding carboxylic acids is 1. The molecule has 5 heteroatoms. The molecule has 5 nitrogen and oxygen atoms in total. The summed E-state index contributed by atoms with van der Waals surface area (Å²) >= 11 is 0. The molecule has 2 unspecified atom stereocenters. The van der Waals surface area contributed by atoms with Gasteiger partial charge in [-0.25, -0.2) is 4.98 Å². The van der Waals surface area contributed by atoms with Crippen LogP contribution >= 0.6 is 0 Å². The SMILES string of the molecule is CC1CN(c2cccc(C(N)=O)n2)CC1N. The zero-order valence-electron chi connectivity index (χ0n) is 9.26. The Kier molecular flexibility index (Phi) is 2.78.